The van der Waals surface area contributed by atoms with Crippen LogP contribution in [-0.2, 0) is 11.2 Å². The molecule has 1 N–H and O–H groups in total. The molecule has 0 amide bonds. The number of rotatable bonds is 5. The van der Waals surface area contributed by atoms with E-state index in [9.17, 15) is 4.79 Å². The van der Waals surface area contributed by atoms with Gasteiger partial charge in [0, 0.05) is 12.2 Å². The summed E-state index contributed by atoms with van der Waals surface area (Å²) in [4.78, 5) is 11.5. The van der Waals surface area contributed by atoms with Crippen molar-refractivity contribution >= 4 is 12.0 Å². The van der Waals surface area contributed by atoms with Gasteiger partial charge in [-0.3, -0.25) is 0 Å². The quantitative estimate of drug-likeness (QED) is 0.512. The summed E-state index contributed by atoms with van der Waals surface area (Å²) in [6.45, 7) is 0.156. The van der Waals surface area contributed by atoms with E-state index in [1.807, 2.05) is 36.4 Å². The first-order valence-corrected chi connectivity index (χ1v) is 9.37. The topological polar surface area (TPSA) is 46.5 Å². The van der Waals surface area contributed by atoms with Crippen molar-refractivity contribution in [3.05, 3.63) is 101 Å². The van der Waals surface area contributed by atoms with E-state index in [1.54, 1.807) is 24.3 Å². The van der Waals surface area contributed by atoms with E-state index in [2.05, 4.69) is 36.1 Å². The van der Waals surface area contributed by atoms with Crippen molar-refractivity contribution in [3.63, 3.8) is 0 Å². The predicted octanol–water partition coefficient (Wildman–Crippen LogP) is 4.74. The van der Waals surface area contributed by atoms with E-state index in [4.69, 9.17) is 9.84 Å². The van der Waals surface area contributed by atoms with Crippen LogP contribution >= 0.6 is 0 Å². The van der Waals surface area contributed by atoms with Crippen molar-refractivity contribution in [1.82, 2.24) is 0 Å². The SMILES string of the molecule is COC(=O)c1ccc(C#CC=Cc2ccccc2-c2ccc(CCO)cc2)cc1. The van der Waals surface area contributed by atoms with Gasteiger partial charge in [-0.1, -0.05) is 60.4 Å². The minimum absolute atomic E-state index is 0.156. The monoisotopic (exact) mass is 382 g/mol. The van der Waals surface area contributed by atoms with Crippen LogP contribution in [0.4, 0.5) is 0 Å². The van der Waals surface area contributed by atoms with E-state index in [0.717, 1.165) is 27.8 Å². The molecule has 0 unspecified atom stereocenters. The molecule has 3 heteroatoms. The van der Waals surface area contributed by atoms with Crippen molar-refractivity contribution in [1.29, 1.82) is 0 Å². The minimum Gasteiger partial charge on any atom is -0.465 e. The Labute approximate surface area is 171 Å². The molecular weight excluding hydrogens is 360 g/mol. The molecule has 0 aliphatic carbocycles. The van der Waals surface area contributed by atoms with Crippen LogP contribution in [0.15, 0.2) is 78.9 Å². The van der Waals surface area contributed by atoms with E-state index in [1.165, 1.54) is 7.11 Å². The van der Waals surface area contributed by atoms with Gasteiger partial charge in [0.2, 0.25) is 0 Å². The second kappa shape index (κ2) is 10.1. The fourth-order valence-electron chi connectivity index (χ4n) is 2.95. The first-order valence-electron chi connectivity index (χ1n) is 9.37. The molecule has 0 saturated carbocycles. The molecule has 0 radical (unpaired) electrons. The first-order chi connectivity index (χ1) is 14.2. The van der Waals surface area contributed by atoms with Gasteiger partial charge in [-0.25, -0.2) is 4.79 Å². The Morgan fingerprint density at radius 1 is 1.00 bits per heavy atom. The number of hydrogen-bond acceptors (Lipinski definition) is 3. The lowest BCUT2D eigenvalue weighted by atomic mass is 9.98. The summed E-state index contributed by atoms with van der Waals surface area (Å²) >= 11 is 0. The largest absolute Gasteiger partial charge is 0.465 e. The Kier molecular flexibility index (Phi) is 7.00. The highest BCUT2D eigenvalue weighted by molar-refractivity contribution is 5.89. The molecule has 0 fully saturated rings. The van der Waals surface area contributed by atoms with E-state index < -0.39 is 0 Å². The molecule has 0 heterocycles. The fourth-order valence-corrected chi connectivity index (χ4v) is 2.95. The zero-order valence-electron chi connectivity index (χ0n) is 16.3. The number of carbonyl (C=O) groups is 1. The maximum absolute atomic E-state index is 11.5. The third-order valence-corrected chi connectivity index (χ3v) is 4.49. The third-order valence-electron chi connectivity index (χ3n) is 4.49. The van der Waals surface area contributed by atoms with Gasteiger partial charge in [-0.2, -0.15) is 0 Å². The van der Waals surface area contributed by atoms with Gasteiger partial charge in [-0.05, 0) is 65.1 Å². The lowest BCUT2D eigenvalue weighted by Crippen LogP contribution is -2.00. The van der Waals surface area contributed by atoms with E-state index in [0.29, 0.717) is 12.0 Å². The van der Waals surface area contributed by atoms with Gasteiger partial charge in [-0.15, -0.1) is 0 Å². The highest BCUT2D eigenvalue weighted by atomic mass is 16.5. The van der Waals surface area contributed by atoms with Crippen molar-refractivity contribution in [2.75, 3.05) is 13.7 Å². The number of benzene rings is 3. The Morgan fingerprint density at radius 2 is 1.72 bits per heavy atom. The van der Waals surface area contributed by atoms with Crippen LogP contribution in [0.1, 0.15) is 27.0 Å². The summed E-state index contributed by atoms with van der Waals surface area (Å²) in [7, 11) is 1.36. The molecule has 3 nitrogen and oxygen atoms in total. The molecule has 3 aromatic carbocycles. The van der Waals surface area contributed by atoms with Crippen molar-refractivity contribution in [3.8, 4) is 23.0 Å². The Balaban J connectivity index is 1.75. The molecule has 0 saturated heterocycles. The second-order valence-corrected chi connectivity index (χ2v) is 6.43. The zero-order valence-corrected chi connectivity index (χ0v) is 16.3. The summed E-state index contributed by atoms with van der Waals surface area (Å²) in [5.74, 6) is 5.75. The van der Waals surface area contributed by atoms with Crippen LogP contribution in [0.3, 0.4) is 0 Å². The Bertz CT molecular complexity index is 1050. The lowest BCUT2D eigenvalue weighted by molar-refractivity contribution is 0.0600. The number of esters is 1. The molecule has 0 aliphatic rings. The second-order valence-electron chi connectivity index (χ2n) is 6.43. The van der Waals surface area contributed by atoms with Crippen molar-refractivity contribution < 1.29 is 14.6 Å². The maximum Gasteiger partial charge on any atom is 0.337 e. The summed E-state index contributed by atoms with van der Waals surface area (Å²) in [5.41, 5.74) is 5.79. The number of carbonyl (C=O) groups excluding carboxylic acids is 1. The predicted molar refractivity (Wildman–Crippen MR) is 116 cm³/mol. The number of methoxy groups -OCH3 is 1. The maximum atomic E-state index is 11.5. The van der Waals surface area contributed by atoms with Crippen LogP contribution in [0.5, 0.6) is 0 Å². The molecule has 0 bridgehead atoms. The van der Waals surface area contributed by atoms with Crippen LogP contribution in [0.25, 0.3) is 17.2 Å². The summed E-state index contributed by atoms with van der Waals surface area (Å²) < 4.78 is 4.69. The van der Waals surface area contributed by atoms with E-state index in [-0.39, 0.29) is 12.6 Å². The van der Waals surface area contributed by atoms with Crippen LogP contribution in [0.2, 0.25) is 0 Å². The summed E-state index contributed by atoms with van der Waals surface area (Å²) in [5, 5.41) is 9.06. The van der Waals surface area contributed by atoms with Gasteiger partial charge < -0.3 is 9.84 Å². The number of aliphatic hydroxyl groups is 1. The lowest BCUT2D eigenvalue weighted by Gasteiger charge is -2.07. The molecule has 0 spiro atoms. The average molecular weight is 382 g/mol. The zero-order chi connectivity index (χ0) is 20.5. The molecule has 29 heavy (non-hydrogen) atoms. The Morgan fingerprint density at radius 3 is 2.41 bits per heavy atom. The molecule has 0 atom stereocenters. The van der Waals surface area contributed by atoms with Gasteiger partial charge in [0.1, 0.15) is 0 Å². The standard InChI is InChI=1S/C26H22O3/c1-29-26(28)24-16-12-20(13-17-24)6-2-3-7-22-8-4-5-9-25(22)23-14-10-21(11-15-23)18-19-27/h3-5,7-17,27H,18-19H2,1H3. The number of ether oxygens (including phenoxy) is 1. The Hall–Kier alpha value is -3.61. The van der Waals surface area contributed by atoms with Gasteiger partial charge in [0.15, 0.2) is 0 Å². The van der Waals surface area contributed by atoms with Crippen LogP contribution in [0, 0.1) is 11.8 Å². The molecular formula is C26H22O3. The smallest absolute Gasteiger partial charge is 0.337 e. The van der Waals surface area contributed by atoms with Crippen LogP contribution in [-0.4, -0.2) is 24.8 Å². The molecule has 0 aromatic heterocycles. The third kappa shape index (κ3) is 5.44. The fraction of sp³-hybridized carbons (Fsp3) is 0.115. The highest BCUT2D eigenvalue weighted by Gasteiger charge is 2.03. The molecule has 3 aromatic rings. The van der Waals surface area contributed by atoms with E-state index >= 15 is 0 Å². The first kappa shape index (κ1) is 20.1. The van der Waals surface area contributed by atoms with Gasteiger partial charge in [0.25, 0.3) is 0 Å². The van der Waals surface area contributed by atoms with Crippen LogP contribution < -0.4 is 0 Å². The van der Waals surface area contributed by atoms with Crippen molar-refractivity contribution in [2.45, 2.75) is 6.42 Å². The molecule has 3 rings (SSSR count). The minimum atomic E-state index is -0.356. The number of aliphatic hydroxyl groups excluding tert-OH is 1. The summed E-state index contributed by atoms with van der Waals surface area (Å²) in [6, 6.07) is 23.4. The van der Waals surface area contributed by atoms with Gasteiger partial charge in [0.05, 0.1) is 12.7 Å². The van der Waals surface area contributed by atoms with Crippen molar-refractivity contribution in [2.24, 2.45) is 0 Å². The molecule has 144 valence electrons. The highest BCUT2D eigenvalue weighted by Crippen LogP contribution is 2.25. The average Bonchev–Trinajstić information content (AvgIpc) is 2.78. The number of allylic oxidation sites excluding steroid dienone is 1. The van der Waals surface area contributed by atoms with Gasteiger partial charge >= 0.3 is 5.97 Å². The molecule has 0 aliphatic heterocycles. The normalized spacial score (nSPS) is 10.4. The summed E-state index contributed by atoms with van der Waals surface area (Å²) in [6.07, 6.45) is 4.48. The number of hydrogen-bond donors (Lipinski definition) is 1.